The Labute approximate surface area is 109 Å². The van der Waals surface area contributed by atoms with Gasteiger partial charge in [0.1, 0.15) is 18.1 Å². The van der Waals surface area contributed by atoms with Gasteiger partial charge >= 0.3 is 0 Å². The fourth-order valence-electron chi connectivity index (χ4n) is 2.18. The molecule has 1 aliphatic heterocycles. The maximum Gasteiger partial charge on any atom is 0.167 e. The summed E-state index contributed by atoms with van der Waals surface area (Å²) in [5, 5.41) is 0. The highest BCUT2D eigenvalue weighted by atomic mass is 32.1. The number of hydrogen-bond acceptors (Lipinski definition) is 7. The summed E-state index contributed by atoms with van der Waals surface area (Å²) in [7, 11) is 0. The van der Waals surface area contributed by atoms with Crippen LogP contribution in [0.4, 0.5) is 5.82 Å². The Kier molecular flexibility index (Phi) is 3.06. The van der Waals surface area contributed by atoms with Crippen molar-refractivity contribution < 1.29 is 8.92 Å². The van der Waals surface area contributed by atoms with Gasteiger partial charge in [0.05, 0.1) is 19.0 Å². The zero-order chi connectivity index (χ0) is 12.5. The van der Waals surface area contributed by atoms with E-state index in [1.165, 1.54) is 6.33 Å². The Balaban J connectivity index is 1.89. The number of aromatic nitrogens is 4. The first kappa shape index (κ1) is 11.7. The number of nitrogens with two attached hydrogens (primary N) is 1. The third kappa shape index (κ3) is 1.92. The summed E-state index contributed by atoms with van der Waals surface area (Å²) in [6.45, 7) is 0.476. The van der Waals surface area contributed by atoms with E-state index in [0.29, 0.717) is 23.6 Å². The second-order valence-electron chi connectivity index (χ2n) is 4.17. The van der Waals surface area contributed by atoms with Crippen molar-refractivity contribution in [1.29, 1.82) is 0 Å². The average molecular weight is 267 g/mol. The van der Waals surface area contributed by atoms with E-state index in [-0.39, 0.29) is 12.3 Å². The van der Waals surface area contributed by atoms with Crippen LogP contribution < -0.4 is 5.73 Å². The van der Waals surface area contributed by atoms with Gasteiger partial charge in [-0.25, -0.2) is 15.0 Å². The average Bonchev–Trinajstić information content (AvgIpc) is 2.96. The van der Waals surface area contributed by atoms with Crippen molar-refractivity contribution in [3.63, 3.8) is 0 Å². The van der Waals surface area contributed by atoms with Gasteiger partial charge in [0, 0.05) is 0 Å². The first-order chi connectivity index (χ1) is 8.79. The van der Waals surface area contributed by atoms with Crippen molar-refractivity contribution in [2.75, 3.05) is 12.3 Å². The number of nitrogen functional groups attached to an aromatic ring is 1. The van der Waals surface area contributed by atoms with E-state index in [4.69, 9.17) is 14.7 Å². The van der Waals surface area contributed by atoms with Crippen LogP contribution in [0.5, 0.6) is 0 Å². The van der Waals surface area contributed by atoms with Gasteiger partial charge in [0.2, 0.25) is 0 Å². The van der Waals surface area contributed by atoms with Gasteiger partial charge in [0.15, 0.2) is 11.5 Å². The number of imidazole rings is 1. The monoisotopic (exact) mass is 267 g/mol. The summed E-state index contributed by atoms with van der Waals surface area (Å²) >= 11 is 3.74. The van der Waals surface area contributed by atoms with Crippen LogP contribution in [0, 0.1) is 0 Å². The molecule has 0 unspecified atom stereocenters. The fourth-order valence-corrected chi connectivity index (χ4v) is 2.34. The molecular formula is C10H13N5O2S. The smallest absolute Gasteiger partial charge is 0.167 e. The Hall–Kier alpha value is -1.38. The number of thiol groups is 1. The number of hydrogen-bond donors (Lipinski definition) is 2. The lowest BCUT2D eigenvalue weighted by Crippen LogP contribution is -2.14. The molecular weight excluding hydrogens is 254 g/mol. The molecule has 0 aromatic carbocycles. The van der Waals surface area contributed by atoms with Crippen LogP contribution in [0.1, 0.15) is 19.1 Å². The van der Waals surface area contributed by atoms with Crippen molar-refractivity contribution in [3.05, 3.63) is 12.7 Å². The third-order valence-electron chi connectivity index (χ3n) is 3.04. The molecule has 2 N–H and O–H groups in total. The lowest BCUT2D eigenvalue weighted by molar-refractivity contribution is -0.0124. The van der Waals surface area contributed by atoms with E-state index in [1.807, 2.05) is 4.57 Å². The van der Waals surface area contributed by atoms with Crippen LogP contribution in [0.15, 0.2) is 12.7 Å². The SMILES string of the molecule is Nc1ncnc2c1ncn2[C@@H]1CC[C@H](COS)O1. The second-order valence-corrected chi connectivity index (χ2v) is 4.43. The molecule has 8 heteroatoms. The van der Waals surface area contributed by atoms with Crippen LogP contribution in [0.3, 0.4) is 0 Å². The van der Waals surface area contributed by atoms with Crippen molar-refractivity contribution in [2.45, 2.75) is 25.2 Å². The van der Waals surface area contributed by atoms with E-state index in [0.717, 1.165) is 12.8 Å². The van der Waals surface area contributed by atoms with Crippen molar-refractivity contribution >= 4 is 29.9 Å². The lowest BCUT2D eigenvalue weighted by Gasteiger charge is -2.14. The van der Waals surface area contributed by atoms with Crippen LogP contribution in [0.2, 0.25) is 0 Å². The third-order valence-corrected chi connectivity index (χ3v) is 3.19. The molecule has 18 heavy (non-hydrogen) atoms. The van der Waals surface area contributed by atoms with Crippen LogP contribution >= 0.6 is 12.9 Å². The first-order valence-corrected chi connectivity index (χ1v) is 6.01. The van der Waals surface area contributed by atoms with Gasteiger partial charge in [-0.2, -0.15) is 0 Å². The molecule has 3 rings (SSSR count). The Morgan fingerprint density at radius 3 is 3.17 bits per heavy atom. The molecule has 1 aliphatic rings. The van der Waals surface area contributed by atoms with E-state index in [1.54, 1.807) is 6.33 Å². The molecule has 0 amide bonds. The normalized spacial score (nSPS) is 23.8. The van der Waals surface area contributed by atoms with Crippen molar-refractivity contribution in [2.24, 2.45) is 0 Å². The summed E-state index contributed by atoms with van der Waals surface area (Å²) in [5.74, 6) is 0.381. The van der Waals surface area contributed by atoms with E-state index < -0.39 is 0 Å². The molecule has 0 spiro atoms. The van der Waals surface area contributed by atoms with Crippen molar-refractivity contribution in [3.8, 4) is 0 Å². The second kappa shape index (κ2) is 4.71. The molecule has 7 nitrogen and oxygen atoms in total. The Morgan fingerprint density at radius 1 is 1.44 bits per heavy atom. The quantitative estimate of drug-likeness (QED) is 0.636. The van der Waals surface area contributed by atoms with Gasteiger partial charge < -0.3 is 14.7 Å². The number of nitrogens with zero attached hydrogens (tertiary/aromatic N) is 4. The maximum absolute atomic E-state index is 5.84. The predicted octanol–water partition coefficient (Wildman–Crippen LogP) is 0.947. The topological polar surface area (TPSA) is 88.1 Å². The summed E-state index contributed by atoms with van der Waals surface area (Å²) in [6.07, 6.45) is 4.90. The Morgan fingerprint density at radius 2 is 2.33 bits per heavy atom. The zero-order valence-corrected chi connectivity index (χ0v) is 10.5. The molecule has 1 saturated heterocycles. The summed E-state index contributed by atoms with van der Waals surface area (Å²) in [5.41, 5.74) is 7.05. The molecule has 0 bridgehead atoms. The van der Waals surface area contributed by atoms with Gasteiger partial charge in [-0.05, 0) is 25.8 Å². The minimum Gasteiger partial charge on any atom is -0.382 e. The summed E-state index contributed by atoms with van der Waals surface area (Å²) in [6, 6.07) is 0. The highest BCUT2D eigenvalue weighted by molar-refractivity contribution is 7.75. The fraction of sp³-hybridized carbons (Fsp3) is 0.500. The van der Waals surface area contributed by atoms with Crippen LogP contribution in [0.25, 0.3) is 11.2 Å². The van der Waals surface area contributed by atoms with Gasteiger partial charge in [-0.15, -0.1) is 0 Å². The molecule has 2 atom stereocenters. The van der Waals surface area contributed by atoms with Crippen molar-refractivity contribution in [1.82, 2.24) is 19.5 Å². The molecule has 2 aromatic heterocycles. The zero-order valence-electron chi connectivity index (χ0n) is 9.56. The summed E-state index contributed by atoms with van der Waals surface area (Å²) in [4.78, 5) is 12.3. The molecule has 3 heterocycles. The van der Waals surface area contributed by atoms with E-state index in [2.05, 4.69) is 27.9 Å². The predicted molar refractivity (Wildman–Crippen MR) is 67.8 cm³/mol. The standard InChI is InChI=1S/C10H13N5O2S/c11-9-8-10(13-4-12-9)15(5-14-8)7-2-1-6(17-7)3-16-18/h4-7,18H,1-3H2,(H2,11,12,13)/t6-,7+/m1/s1. The Bertz CT molecular complexity index is 560. The maximum atomic E-state index is 5.84. The van der Waals surface area contributed by atoms with E-state index in [9.17, 15) is 0 Å². The molecule has 1 fully saturated rings. The highest BCUT2D eigenvalue weighted by Crippen LogP contribution is 2.31. The molecule has 0 radical (unpaired) electrons. The number of ether oxygens (including phenoxy) is 1. The molecule has 0 saturated carbocycles. The number of anilines is 1. The van der Waals surface area contributed by atoms with Gasteiger partial charge in [-0.1, -0.05) is 0 Å². The largest absolute Gasteiger partial charge is 0.382 e. The number of rotatable bonds is 3. The first-order valence-electron chi connectivity index (χ1n) is 5.64. The van der Waals surface area contributed by atoms with Crippen LogP contribution in [-0.4, -0.2) is 32.2 Å². The highest BCUT2D eigenvalue weighted by Gasteiger charge is 2.28. The van der Waals surface area contributed by atoms with Gasteiger partial charge in [-0.3, -0.25) is 4.57 Å². The molecule has 2 aromatic rings. The van der Waals surface area contributed by atoms with E-state index >= 15 is 0 Å². The minimum atomic E-state index is -0.0854. The number of fused-ring (bicyclic) bond motifs is 1. The summed E-state index contributed by atoms with van der Waals surface area (Å²) < 4.78 is 12.5. The lowest BCUT2D eigenvalue weighted by atomic mass is 10.2. The molecule has 96 valence electrons. The van der Waals surface area contributed by atoms with Gasteiger partial charge in [0.25, 0.3) is 0 Å². The molecule has 0 aliphatic carbocycles. The minimum absolute atomic E-state index is 0.0594. The van der Waals surface area contributed by atoms with Crippen LogP contribution in [-0.2, 0) is 8.92 Å².